The molecule has 0 unspecified atom stereocenters. The average molecular weight is 602 g/mol. The van der Waals surface area contributed by atoms with Crippen LogP contribution >= 0.6 is 0 Å². The number of rotatable bonds is 10. The standard InChI is InChI=1S/C34H48N3O6.Li/c1-31(2)24-36(33(5,6)42-31)29(38)40-20-19-28(23-41-30(39)37-25-32(3,4)43-34(37,7)8)35(21-26-15-11-9-12-16-26)22-27-17-13-10-14-18-27;/h9-18,23,28H,19-22,24-25H2,1-8H3;/q-1;+1/t28-;/m0./s1. The summed E-state index contributed by atoms with van der Waals surface area (Å²) in [5, 5.41) is 0. The van der Waals surface area contributed by atoms with E-state index >= 15 is 0 Å². The molecule has 2 heterocycles. The maximum Gasteiger partial charge on any atom is 1.00 e. The zero-order valence-corrected chi connectivity index (χ0v) is 28.0. The molecule has 0 N–H and O–H groups in total. The Kier molecular flexibility index (Phi) is 11.6. The third-order valence-electron chi connectivity index (χ3n) is 7.76. The largest absolute Gasteiger partial charge is 1.00 e. The Morgan fingerprint density at radius 1 is 0.773 bits per heavy atom. The van der Waals surface area contributed by atoms with Crippen LogP contribution in [0.3, 0.4) is 0 Å². The van der Waals surface area contributed by atoms with Crippen molar-refractivity contribution < 1.29 is 47.4 Å². The molecule has 2 amide bonds. The van der Waals surface area contributed by atoms with Crippen molar-refractivity contribution in [3.63, 3.8) is 0 Å². The summed E-state index contributed by atoms with van der Waals surface area (Å²) < 4.78 is 23.8. The van der Waals surface area contributed by atoms with E-state index in [2.05, 4.69) is 29.2 Å². The molecule has 2 aromatic carbocycles. The van der Waals surface area contributed by atoms with Crippen LogP contribution in [0.15, 0.2) is 60.7 Å². The van der Waals surface area contributed by atoms with Crippen molar-refractivity contribution in [1.82, 2.24) is 14.7 Å². The summed E-state index contributed by atoms with van der Waals surface area (Å²) in [6.07, 6.45) is -0.486. The molecule has 0 saturated carbocycles. The number of carbonyl (C=O) groups is 2. The molecule has 0 radical (unpaired) electrons. The Hall–Kier alpha value is -2.54. The molecular formula is C34H48LiN3O6. The zero-order chi connectivity index (χ0) is 31.5. The first-order chi connectivity index (χ1) is 20.1. The van der Waals surface area contributed by atoms with Gasteiger partial charge in [0, 0.05) is 13.1 Å². The van der Waals surface area contributed by atoms with Crippen LogP contribution in [0.4, 0.5) is 9.59 Å². The van der Waals surface area contributed by atoms with E-state index in [1.165, 1.54) is 0 Å². The zero-order valence-electron chi connectivity index (χ0n) is 28.0. The summed E-state index contributed by atoms with van der Waals surface area (Å²) in [7, 11) is 0. The van der Waals surface area contributed by atoms with E-state index in [1.54, 1.807) is 16.4 Å². The Balaban J connectivity index is 0.00000529. The van der Waals surface area contributed by atoms with E-state index in [0.717, 1.165) is 11.1 Å². The monoisotopic (exact) mass is 601 g/mol. The van der Waals surface area contributed by atoms with Gasteiger partial charge in [0.2, 0.25) is 0 Å². The van der Waals surface area contributed by atoms with Crippen LogP contribution in [-0.4, -0.2) is 75.3 Å². The topological polar surface area (TPSA) is 80.8 Å². The predicted molar refractivity (Wildman–Crippen MR) is 165 cm³/mol. The van der Waals surface area contributed by atoms with Crippen LogP contribution in [0.25, 0.3) is 0 Å². The minimum atomic E-state index is -0.800. The molecule has 10 heteroatoms. The molecule has 0 aliphatic carbocycles. The molecule has 0 bridgehead atoms. The van der Waals surface area contributed by atoms with Gasteiger partial charge in [-0.2, -0.15) is 0 Å². The number of hydrogen-bond acceptors (Lipinski definition) is 7. The van der Waals surface area contributed by atoms with E-state index in [1.807, 2.05) is 91.8 Å². The van der Waals surface area contributed by atoms with Crippen LogP contribution in [0.1, 0.15) is 72.9 Å². The molecule has 1 atom stereocenters. The normalized spacial score (nSPS) is 20.2. The van der Waals surface area contributed by atoms with E-state index < -0.39 is 34.8 Å². The molecule has 236 valence electrons. The second kappa shape index (κ2) is 14.3. The van der Waals surface area contributed by atoms with Crippen molar-refractivity contribution in [3.05, 3.63) is 78.4 Å². The number of hydrogen-bond donors (Lipinski definition) is 0. The van der Waals surface area contributed by atoms with Crippen molar-refractivity contribution in [2.24, 2.45) is 0 Å². The average Bonchev–Trinajstić information content (AvgIpc) is 3.30. The molecule has 9 nitrogen and oxygen atoms in total. The van der Waals surface area contributed by atoms with E-state index in [9.17, 15) is 9.59 Å². The first kappa shape index (κ1) is 35.9. The summed E-state index contributed by atoms with van der Waals surface area (Å²) in [6, 6.07) is 20.0. The first-order valence-electron chi connectivity index (χ1n) is 15.1. The van der Waals surface area contributed by atoms with Gasteiger partial charge in [0.1, 0.15) is 11.4 Å². The van der Waals surface area contributed by atoms with Gasteiger partial charge in [-0.25, -0.2) is 9.59 Å². The summed E-state index contributed by atoms with van der Waals surface area (Å²) in [5.41, 5.74) is -0.275. The third kappa shape index (κ3) is 9.48. The summed E-state index contributed by atoms with van der Waals surface area (Å²) in [4.78, 5) is 32.0. The van der Waals surface area contributed by atoms with Gasteiger partial charge in [-0.1, -0.05) is 66.7 Å². The Morgan fingerprint density at radius 3 is 1.61 bits per heavy atom. The predicted octanol–water partition coefficient (Wildman–Crippen LogP) is 3.58. The maximum atomic E-state index is 13.3. The van der Waals surface area contributed by atoms with Gasteiger partial charge in [-0.05, 0) is 72.9 Å². The number of benzene rings is 2. The number of carbonyl (C=O) groups excluding carboxylic acids is 2. The van der Waals surface area contributed by atoms with Gasteiger partial charge >= 0.3 is 31.0 Å². The van der Waals surface area contributed by atoms with Gasteiger partial charge in [0.15, 0.2) is 0 Å². The van der Waals surface area contributed by atoms with Crippen LogP contribution in [0.2, 0.25) is 0 Å². The Labute approximate surface area is 275 Å². The van der Waals surface area contributed by atoms with E-state index in [4.69, 9.17) is 18.9 Å². The maximum absolute atomic E-state index is 13.3. The second-order valence-corrected chi connectivity index (χ2v) is 13.7. The van der Waals surface area contributed by atoms with Gasteiger partial charge in [0.05, 0.1) is 30.9 Å². The molecule has 4 rings (SSSR count). The van der Waals surface area contributed by atoms with Crippen molar-refractivity contribution in [3.8, 4) is 0 Å². The summed E-state index contributed by atoms with van der Waals surface area (Å²) in [6.45, 7) is 19.1. The molecule has 0 aromatic heterocycles. The van der Waals surface area contributed by atoms with Gasteiger partial charge in [0.25, 0.3) is 0 Å². The molecule has 2 aliphatic heterocycles. The fraction of sp³-hybridized carbons (Fsp3) is 0.559. The SMILES string of the molecule is CC1(C)CN(C(=O)O[CH-][C@H](CCOC(=O)N2CC(C)(C)OC2(C)C)N(Cc2ccccc2)Cc2ccccc2)C(C)(C)O1.[Li+]. The molecule has 2 saturated heterocycles. The first-order valence-corrected chi connectivity index (χ1v) is 15.1. The molecule has 44 heavy (non-hydrogen) atoms. The Bertz CT molecular complexity index is 1200. The summed E-state index contributed by atoms with van der Waals surface area (Å²) >= 11 is 0. The second-order valence-electron chi connectivity index (χ2n) is 13.7. The molecule has 2 fully saturated rings. The van der Waals surface area contributed by atoms with E-state index in [-0.39, 0.29) is 31.5 Å². The molecule has 0 spiro atoms. The van der Waals surface area contributed by atoms with Gasteiger partial charge in [-0.3, -0.25) is 9.80 Å². The van der Waals surface area contributed by atoms with Gasteiger partial charge < -0.3 is 23.8 Å². The van der Waals surface area contributed by atoms with Gasteiger partial charge in [-0.15, -0.1) is 6.61 Å². The van der Waals surface area contributed by atoms with Crippen molar-refractivity contribution >= 4 is 12.2 Å². The Morgan fingerprint density at radius 2 is 1.20 bits per heavy atom. The van der Waals surface area contributed by atoms with Crippen molar-refractivity contribution in [2.75, 3.05) is 19.7 Å². The third-order valence-corrected chi connectivity index (χ3v) is 7.76. The number of ether oxygens (including phenoxy) is 4. The smallest absolute Gasteiger partial charge is 0.619 e. The molecule has 2 aromatic rings. The molecule has 2 aliphatic rings. The fourth-order valence-corrected chi connectivity index (χ4v) is 6.05. The summed E-state index contributed by atoms with van der Waals surface area (Å²) in [5.74, 6) is 0. The minimum absolute atomic E-state index is 0. The molecular weight excluding hydrogens is 553 g/mol. The van der Waals surface area contributed by atoms with Crippen molar-refractivity contribution in [1.29, 1.82) is 0 Å². The van der Waals surface area contributed by atoms with E-state index in [0.29, 0.717) is 32.6 Å². The number of nitrogens with zero attached hydrogens (tertiary/aromatic N) is 3. The fourth-order valence-electron chi connectivity index (χ4n) is 6.05. The number of amides is 2. The van der Waals surface area contributed by atoms with Crippen LogP contribution < -0.4 is 18.9 Å². The van der Waals surface area contributed by atoms with Crippen molar-refractivity contribution in [2.45, 2.75) is 104 Å². The van der Waals surface area contributed by atoms with Crippen LogP contribution in [0, 0.1) is 6.61 Å². The van der Waals surface area contributed by atoms with Crippen LogP contribution in [-0.2, 0) is 32.0 Å². The minimum Gasteiger partial charge on any atom is -0.619 e. The quantitative estimate of drug-likeness (QED) is 0.304. The van der Waals surface area contributed by atoms with Crippen LogP contribution in [0.5, 0.6) is 0 Å².